The van der Waals surface area contributed by atoms with Crippen LogP contribution in [-0.2, 0) is 0 Å². The summed E-state index contributed by atoms with van der Waals surface area (Å²) in [6, 6.07) is 3.17. The Hall–Kier alpha value is -1.73. The van der Waals surface area contributed by atoms with E-state index in [0.29, 0.717) is 5.56 Å². The third-order valence-electron chi connectivity index (χ3n) is 2.98. The Labute approximate surface area is 104 Å². The molecule has 3 N–H and O–H groups in total. The van der Waals surface area contributed by atoms with Gasteiger partial charge in [-0.1, -0.05) is 6.07 Å². The fraction of sp³-hybridized carbons (Fsp3) is 0.364. The molecule has 18 heavy (non-hydrogen) atoms. The number of carbonyl (C=O) groups is 1. The highest BCUT2D eigenvalue weighted by molar-refractivity contribution is 6.44. The monoisotopic (exact) mass is 252 g/mol. The smallest absolute Gasteiger partial charge is 0.523 e. The van der Waals surface area contributed by atoms with E-state index < -0.39 is 13.1 Å². The van der Waals surface area contributed by atoms with Crippen LogP contribution >= 0.6 is 0 Å². The van der Waals surface area contributed by atoms with Gasteiger partial charge in [-0.05, 0) is 11.6 Å². The van der Waals surface area contributed by atoms with Gasteiger partial charge < -0.3 is 24.6 Å². The van der Waals surface area contributed by atoms with Gasteiger partial charge in [0.25, 0.3) is 0 Å². The first kappa shape index (κ1) is 12.7. The molecule has 7 heteroatoms. The summed E-state index contributed by atoms with van der Waals surface area (Å²) < 4.78 is 10.2. The zero-order valence-electron chi connectivity index (χ0n) is 9.79. The summed E-state index contributed by atoms with van der Waals surface area (Å²) in [5.41, 5.74) is 0.438. The highest BCUT2D eigenvalue weighted by atomic mass is 16.5. The maximum absolute atomic E-state index is 11.3. The molecule has 0 radical (unpaired) electrons. The van der Waals surface area contributed by atoms with Crippen molar-refractivity contribution in [1.82, 2.24) is 0 Å². The first-order chi connectivity index (χ1) is 8.58. The van der Waals surface area contributed by atoms with E-state index in [2.05, 4.69) is 0 Å². The summed E-state index contributed by atoms with van der Waals surface area (Å²) in [5, 5.41) is 28.0. The second kappa shape index (κ2) is 4.87. The summed E-state index contributed by atoms with van der Waals surface area (Å²) in [5.74, 6) is -1.31. The van der Waals surface area contributed by atoms with Gasteiger partial charge in [0.15, 0.2) is 0 Å². The topological polar surface area (TPSA) is 96.2 Å². The molecule has 1 unspecified atom stereocenters. The molecule has 0 spiro atoms. The number of aromatic carboxylic acids is 1. The molecule has 0 aromatic heterocycles. The minimum absolute atomic E-state index is 0.0691. The van der Waals surface area contributed by atoms with Crippen LogP contribution in [0.5, 0.6) is 11.5 Å². The number of hydrogen-bond donors (Lipinski definition) is 3. The fourth-order valence-electron chi connectivity index (χ4n) is 2.13. The largest absolute Gasteiger partial charge is 0.535 e. The van der Waals surface area contributed by atoms with Crippen molar-refractivity contribution in [3.63, 3.8) is 0 Å². The molecule has 1 aliphatic rings. The van der Waals surface area contributed by atoms with Gasteiger partial charge in [-0.15, -0.1) is 0 Å². The number of carboxylic acids is 1. The van der Waals surface area contributed by atoms with Crippen LogP contribution in [0.15, 0.2) is 12.1 Å². The van der Waals surface area contributed by atoms with Gasteiger partial charge in [0.1, 0.15) is 17.1 Å². The first-order valence-corrected chi connectivity index (χ1v) is 5.48. The number of benzene rings is 1. The average Bonchev–Trinajstić information content (AvgIpc) is 2.35. The number of hydrogen-bond acceptors (Lipinski definition) is 5. The van der Waals surface area contributed by atoms with Crippen molar-refractivity contribution in [3.8, 4) is 11.5 Å². The van der Waals surface area contributed by atoms with Crippen LogP contribution < -0.4 is 9.39 Å². The molecule has 1 aromatic carbocycles. The summed E-state index contributed by atoms with van der Waals surface area (Å²) in [4.78, 5) is 11.3. The molecule has 0 bridgehead atoms. The van der Waals surface area contributed by atoms with Crippen molar-refractivity contribution in [1.29, 1.82) is 0 Å². The maximum Gasteiger partial charge on any atom is 0.523 e. The van der Waals surface area contributed by atoms with Crippen molar-refractivity contribution in [2.24, 2.45) is 0 Å². The van der Waals surface area contributed by atoms with Crippen molar-refractivity contribution < 1.29 is 29.4 Å². The van der Waals surface area contributed by atoms with Crippen molar-refractivity contribution in [2.45, 2.75) is 12.2 Å². The van der Waals surface area contributed by atoms with Crippen LogP contribution in [0.4, 0.5) is 0 Å². The molecule has 1 aromatic rings. The molecule has 0 aliphatic carbocycles. The van der Waals surface area contributed by atoms with Crippen LogP contribution in [0.25, 0.3) is 0 Å². The average molecular weight is 252 g/mol. The van der Waals surface area contributed by atoms with Gasteiger partial charge in [0.2, 0.25) is 0 Å². The van der Waals surface area contributed by atoms with Gasteiger partial charge in [-0.3, -0.25) is 0 Å². The Morgan fingerprint density at radius 2 is 2.33 bits per heavy atom. The van der Waals surface area contributed by atoms with Crippen LogP contribution in [-0.4, -0.2) is 42.0 Å². The molecule has 1 aliphatic heterocycles. The van der Waals surface area contributed by atoms with E-state index in [1.807, 2.05) is 0 Å². The fourth-order valence-corrected chi connectivity index (χ4v) is 2.13. The highest BCUT2D eigenvalue weighted by Gasteiger charge is 2.35. The zero-order valence-corrected chi connectivity index (χ0v) is 9.79. The van der Waals surface area contributed by atoms with E-state index in [4.69, 9.17) is 9.39 Å². The van der Waals surface area contributed by atoms with Crippen molar-refractivity contribution in [2.75, 3.05) is 13.7 Å². The number of carboxylic acid groups (broad SMARTS) is 1. The number of fused-ring (bicyclic) bond motifs is 1. The molecule has 0 amide bonds. The van der Waals surface area contributed by atoms with E-state index >= 15 is 0 Å². The molecule has 0 fully saturated rings. The van der Waals surface area contributed by atoms with E-state index in [1.54, 1.807) is 6.07 Å². The molecular weight excluding hydrogens is 239 g/mol. The summed E-state index contributed by atoms with van der Waals surface area (Å²) >= 11 is 0. The molecule has 0 saturated carbocycles. The second-order valence-electron chi connectivity index (χ2n) is 4.05. The lowest BCUT2D eigenvalue weighted by Gasteiger charge is -2.28. The zero-order chi connectivity index (χ0) is 13.3. The normalized spacial score (nSPS) is 17.9. The minimum Gasteiger partial charge on any atom is -0.535 e. The van der Waals surface area contributed by atoms with Gasteiger partial charge in [-0.2, -0.15) is 0 Å². The number of aliphatic hydroxyl groups is 1. The minimum atomic E-state index is -1.20. The van der Waals surface area contributed by atoms with E-state index in [1.165, 1.54) is 13.2 Å². The van der Waals surface area contributed by atoms with Gasteiger partial charge in [-0.25, -0.2) is 4.79 Å². The Balaban J connectivity index is 2.61. The number of methoxy groups -OCH3 is 1. The molecule has 0 saturated heterocycles. The lowest BCUT2D eigenvalue weighted by Crippen LogP contribution is -2.31. The Morgan fingerprint density at radius 3 is 2.89 bits per heavy atom. The molecule has 1 heterocycles. The van der Waals surface area contributed by atoms with Crippen LogP contribution in [0.2, 0.25) is 6.32 Å². The molecule has 2 rings (SSSR count). The van der Waals surface area contributed by atoms with Crippen molar-refractivity contribution >= 4 is 13.1 Å². The third kappa shape index (κ3) is 2.02. The van der Waals surface area contributed by atoms with E-state index in [0.717, 1.165) is 0 Å². The third-order valence-corrected chi connectivity index (χ3v) is 2.98. The van der Waals surface area contributed by atoms with Gasteiger partial charge in [0, 0.05) is 18.8 Å². The Bertz CT molecular complexity index is 475. The second-order valence-corrected chi connectivity index (χ2v) is 4.05. The Morgan fingerprint density at radius 1 is 1.61 bits per heavy atom. The predicted molar refractivity (Wildman–Crippen MR) is 63.2 cm³/mol. The predicted octanol–water partition coefficient (Wildman–Crippen LogP) is 0.342. The lowest BCUT2D eigenvalue weighted by molar-refractivity contribution is 0.0690. The SMILES string of the molecule is COc1ccc2c(c1C(=O)O)OB(O)CC2CO. The number of aliphatic hydroxyl groups excluding tert-OH is 1. The molecular formula is C11H13BO6. The number of ether oxygens (including phenoxy) is 1. The van der Waals surface area contributed by atoms with Crippen molar-refractivity contribution in [3.05, 3.63) is 23.3 Å². The van der Waals surface area contributed by atoms with Crippen LogP contribution in [0.3, 0.4) is 0 Å². The number of rotatable bonds is 3. The Kier molecular flexibility index (Phi) is 3.44. The van der Waals surface area contributed by atoms with E-state index in [-0.39, 0.29) is 35.9 Å². The summed E-state index contributed by atoms with van der Waals surface area (Å²) in [6.07, 6.45) is 0.231. The van der Waals surface area contributed by atoms with Crippen LogP contribution in [0, 0.1) is 0 Å². The van der Waals surface area contributed by atoms with E-state index in [9.17, 15) is 20.0 Å². The standard InChI is InChI=1S/C11H13BO6/c1-17-8-3-2-7-6(5-13)4-12(16)18-10(7)9(8)11(14)15/h2-3,6,13,16H,4-5H2,1H3,(H,14,15). The quantitative estimate of drug-likeness (QED) is 0.671. The van der Waals surface area contributed by atoms with Crippen LogP contribution in [0.1, 0.15) is 21.8 Å². The molecule has 6 nitrogen and oxygen atoms in total. The summed E-state index contributed by atoms with van der Waals surface area (Å²) in [6.45, 7) is -0.182. The molecule has 96 valence electrons. The van der Waals surface area contributed by atoms with Gasteiger partial charge >= 0.3 is 13.1 Å². The summed E-state index contributed by atoms with van der Waals surface area (Å²) in [7, 11) is 0.233. The maximum atomic E-state index is 11.3. The molecule has 1 atom stereocenters. The highest BCUT2D eigenvalue weighted by Crippen LogP contribution is 2.41. The lowest BCUT2D eigenvalue weighted by atomic mass is 9.72. The van der Waals surface area contributed by atoms with Gasteiger partial charge in [0.05, 0.1) is 7.11 Å². The first-order valence-electron chi connectivity index (χ1n) is 5.48.